The van der Waals surface area contributed by atoms with Crippen molar-refractivity contribution in [2.75, 3.05) is 33.7 Å². The Kier molecular flexibility index (Phi) is 6.18. The van der Waals surface area contributed by atoms with Crippen LogP contribution in [-0.4, -0.2) is 77.6 Å². The minimum atomic E-state index is -1.34. The molecule has 0 rings (SSSR count). The lowest BCUT2D eigenvalue weighted by Gasteiger charge is -2.19. The van der Waals surface area contributed by atoms with Crippen molar-refractivity contribution in [2.24, 2.45) is 0 Å². The largest absolute Gasteiger partial charge is 0.480 e. The molecule has 0 radical (unpaired) electrons. The van der Waals surface area contributed by atoms with Crippen LogP contribution >= 0.6 is 0 Å². The van der Waals surface area contributed by atoms with Gasteiger partial charge in [0.2, 0.25) is 5.91 Å². The first-order chi connectivity index (χ1) is 8.23. The molecule has 0 saturated carbocycles. The van der Waals surface area contributed by atoms with Gasteiger partial charge < -0.3 is 25.3 Å². The Balaban J connectivity index is 4.42. The lowest BCUT2D eigenvalue weighted by molar-refractivity contribution is -0.140. The number of hydrogen-bond acceptors (Lipinski definition) is 4. The van der Waals surface area contributed by atoms with Gasteiger partial charge in [0.25, 0.3) is 0 Å². The molecule has 0 aromatic rings. The predicted molar refractivity (Wildman–Crippen MR) is 58.9 cm³/mol. The summed E-state index contributed by atoms with van der Waals surface area (Å²) >= 11 is 0. The third-order valence-electron chi connectivity index (χ3n) is 1.83. The molecule has 0 heterocycles. The van der Waals surface area contributed by atoms with Crippen molar-refractivity contribution < 1.29 is 29.4 Å². The average Bonchev–Trinajstić information content (AvgIpc) is 2.22. The molecule has 0 saturated heterocycles. The van der Waals surface area contributed by atoms with Crippen molar-refractivity contribution in [3.63, 3.8) is 0 Å². The van der Waals surface area contributed by atoms with Crippen LogP contribution in [0.5, 0.6) is 0 Å². The van der Waals surface area contributed by atoms with Crippen LogP contribution in [0.15, 0.2) is 0 Å². The molecule has 0 aliphatic rings. The predicted octanol–water partition coefficient (Wildman–Crippen LogP) is -1.74. The highest BCUT2D eigenvalue weighted by molar-refractivity contribution is 5.87. The van der Waals surface area contributed by atoms with Gasteiger partial charge in [-0.2, -0.15) is 0 Å². The van der Waals surface area contributed by atoms with Crippen molar-refractivity contribution >= 4 is 23.9 Å². The molecule has 9 nitrogen and oxygen atoms in total. The van der Waals surface area contributed by atoms with E-state index in [4.69, 9.17) is 10.2 Å². The molecule has 3 amide bonds. The third-order valence-corrected chi connectivity index (χ3v) is 1.83. The summed E-state index contributed by atoms with van der Waals surface area (Å²) in [5.74, 6) is -3.08. The maximum absolute atomic E-state index is 11.5. The van der Waals surface area contributed by atoms with E-state index in [1.807, 2.05) is 0 Å². The van der Waals surface area contributed by atoms with E-state index < -0.39 is 37.0 Å². The summed E-state index contributed by atoms with van der Waals surface area (Å²) in [5, 5.41) is 19.2. The molecule has 9 heteroatoms. The van der Waals surface area contributed by atoms with Crippen LogP contribution in [0.3, 0.4) is 0 Å². The molecule has 0 aliphatic heterocycles. The van der Waals surface area contributed by atoms with Crippen LogP contribution in [-0.2, 0) is 14.4 Å². The van der Waals surface area contributed by atoms with Crippen molar-refractivity contribution in [1.29, 1.82) is 0 Å². The van der Waals surface area contributed by atoms with Crippen LogP contribution in [0.2, 0.25) is 0 Å². The Morgan fingerprint density at radius 3 is 1.78 bits per heavy atom. The van der Waals surface area contributed by atoms with Crippen molar-refractivity contribution in [1.82, 2.24) is 15.1 Å². The molecule has 18 heavy (non-hydrogen) atoms. The molecule has 0 fully saturated rings. The van der Waals surface area contributed by atoms with E-state index >= 15 is 0 Å². The first-order valence-corrected chi connectivity index (χ1v) is 4.90. The molecule has 3 N–H and O–H groups in total. The van der Waals surface area contributed by atoms with Gasteiger partial charge in [-0.05, 0) is 0 Å². The minimum absolute atomic E-state index is 0.332. The van der Waals surface area contributed by atoms with Crippen molar-refractivity contribution in [2.45, 2.75) is 0 Å². The number of rotatable bonds is 6. The topological polar surface area (TPSA) is 127 Å². The highest BCUT2D eigenvalue weighted by atomic mass is 16.4. The fourth-order valence-corrected chi connectivity index (χ4v) is 0.947. The highest BCUT2D eigenvalue weighted by Crippen LogP contribution is 1.90. The number of nitrogens with one attached hydrogen (secondary N) is 1. The molecule has 0 spiro atoms. The average molecular weight is 261 g/mol. The number of carboxylic acids is 2. The lowest BCUT2D eigenvalue weighted by atomic mass is 10.4. The molecule has 0 aromatic heterocycles. The van der Waals surface area contributed by atoms with E-state index in [2.05, 4.69) is 5.32 Å². The van der Waals surface area contributed by atoms with E-state index in [0.29, 0.717) is 4.90 Å². The first kappa shape index (κ1) is 15.7. The van der Waals surface area contributed by atoms with E-state index in [-0.39, 0.29) is 6.54 Å². The number of carbonyl (C=O) groups is 4. The summed E-state index contributed by atoms with van der Waals surface area (Å²) in [4.78, 5) is 45.3. The Labute approximate surface area is 103 Å². The van der Waals surface area contributed by atoms with E-state index in [9.17, 15) is 19.2 Å². The second kappa shape index (κ2) is 7.09. The van der Waals surface area contributed by atoms with Crippen LogP contribution < -0.4 is 5.32 Å². The zero-order chi connectivity index (χ0) is 14.3. The summed E-state index contributed by atoms with van der Waals surface area (Å²) < 4.78 is 0. The van der Waals surface area contributed by atoms with Gasteiger partial charge in [-0.1, -0.05) is 0 Å². The number of amides is 3. The van der Waals surface area contributed by atoms with Gasteiger partial charge in [-0.3, -0.25) is 14.4 Å². The summed E-state index contributed by atoms with van der Waals surface area (Å²) in [6, 6.07) is -0.921. The second-order valence-corrected chi connectivity index (χ2v) is 3.59. The van der Waals surface area contributed by atoms with Crippen LogP contribution in [0.1, 0.15) is 0 Å². The zero-order valence-corrected chi connectivity index (χ0v) is 10.0. The van der Waals surface area contributed by atoms with Gasteiger partial charge >= 0.3 is 18.0 Å². The lowest BCUT2D eigenvalue weighted by Crippen LogP contribution is -2.47. The van der Waals surface area contributed by atoms with Gasteiger partial charge in [-0.15, -0.1) is 0 Å². The van der Waals surface area contributed by atoms with Gasteiger partial charge in [0.05, 0.1) is 6.54 Å². The Morgan fingerprint density at radius 2 is 1.44 bits per heavy atom. The van der Waals surface area contributed by atoms with E-state index in [1.54, 1.807) is 0 Å². The van der Waals surface area contributed by atoms with Crippen LogP contribution in [0.4, 0.5) is 4.79 Å². The number of carboxylic acid groups (broad SMARTS) is 2. The number of aliphatic carboxylic acids is 2. The van der Waals surface area contributed by atoms with Gasteiger partial charge in [-0.25, -0.2) is 4.79 Å². The third kappa shape index (κ3) is 6.30. The normalized spacial score (nSPS) is 9.44. The fraction of sp³-hybridized carbons (Fsp3) is 0.556. The molecular formula is C9H15N3O6. The smallest absolute Gasteiger partial charge is 0.323 e. The first-order valence-electron chi connectivity index (χ1n) is 4.90. The second-order valence-electron chi connectivity index (χ2n) is 3.59. The van der Waals surface area contributed by atoms with Gasteiger partial charge in [0.15, 0.2) is 0 Å². The molecule has 0 aromatic carbocycles. The van der Waals surface area contributed by atoms with Gasteiger partial charge in [0, 0.05) is 14.1 Å². The summed E-state index contributed by atoms with van der Waals surface area (Å²) in [6.45, 7) is -1.84. The van der Waals surface area contributed by atoms with Crippen molar-refractivity contribution in [3.8, 4) is 0 Å². The molecular weight excluding hydrogens is 246 g/mol. The molecule has 102 valence electrons. The monoisotopic (exact) mass is 261 g/mol. The Bertz CT molecular complexity index is 338. The van der Waals surface area contributed by atoms with Crippen LogP contribution in [0.25, 0.3) is 0 Å². The number of hydrogen-bond donors (Lipinski definition) is 3. The fourth-order valence-electron chi connectivity index (χ4n) is 0.947. The highest BCUT2D eigenvalue weighted by Gasteiger charge is 2.20. The molecule has 0 aliphatic carbocycles. The maximum Gasteiger partial charge on any atom is 0.323 e. The summed E-state index contributed by atoms with van der Waals surface area (Å²) in [7, 11) is 2.97. The number of likely N-dealkylation sites (N-methyl/N-ethyl adjacent to an activating group) is 1. The van der Waals surface area contributed by atoms with Crippen molar-refractivity contribution in [3.05, 3.63) is 0 Å². The maximum atomic E-state index is 11.5. The number of urea groups is 1. The number of nitrogens with zero attached hydrogens (tertiary/aromatic N) is 2. The van der Waals surface area contributed by atoms with Gasteiger partial charge in [0.1, 0.15) is 13.1 Å². The molecule has 0 unspecified atom stereocenters. The van der Waals surface area contributed by atoms with Crippen LogP contribution in [0, 0.1) is 0 Å². The Morgan fingerprint density at radius 1 is 1.00 bits per heavy atom. The molecule has 0 atom stereocenters. The standard InChI is InChI=1S/C9H15N3O6/c1-11(2)6(13)3-10-9(18)12(4-7(14)15)5-8(16)17/h3-5H2,1-2H3,(H,10,18)(H,14,15)(H,16,17). The zero-order valence-electron chi connectivity index (χ0n) is 10.0. The number of carbonyl (C=O) groups excluding carboxylic acids is 2. The Hall–Kier alpha value is -2.32. The summed E-state index contributed by atoms with van der Waals surface area (Å²) in [5.41, 5.74) is 0. The minimum Gasteiger partial charge on any atom is -0.480 e. The summed E-state index contributed by atoms with van der Waals surface area (Å²) in [6.07, 6.45) is 0. The van der Waals surface area contributed by atoms with E-state index in [0.717, 1.165) is 0 Å². The SMILES string of the molecule is CN(C)C(=O)CNC(=O)N(CC(=O)O)CC(=O)O. The molecule has 0 bridgehead atoms. The quantitative estimate of drug-likeness (QED) is 0.520. The van der Waals surface area contributed by atoms with E-state index in [1.165, 1.54) is 19.0 Å².